The lowest BCUT2D eigenvalue weighted by molar-refractivity contribution is -0.143. The predicted octanol–water partition coefficient (Wildman–Crippen LogP) is 2.50. The van der Waals surface area contributed by atoms with E-state index in [0.717, 1.165) is 16.2 Å². The highest BCUT2D eigenvalue weighted by Crippen LogP contribution is 2.38. The van der Waals surface area contributed by atoms with Gasteiger partial charge in [-0.25, -0.2) is 0 Å². The van der Waals surface area contributed by atoms with Gasteiger partial charge in [0.05, 0.1) is 18.0 Å². The number of para-hydroxylation sites is 1. The number of benzene rings is 1. The van der Waals surface area contributed by atoms with E-state index < -0.39 is 0 Å². The molecule has 3 nitrogen and oxygen atoms in total. The average Bonchev–Trinajstić information content (AvgIpc) is 2.56. The number of thiocarbonyl (C=S) groups is 1. The Morgan fingerprint density at radius 1 is 1.47 bits per heavy atom. The molecule has 0 saturated carbocycles. The Balaban J connectivity index is 2.24. The topological polar surface area (TPSA) is 29.5 Å². The second-order valence-corrected chi connectivity index (χ2v) is 4.44. The summed E-state index contributed by atoms with van der Waals surface area (Å²) in [4.78, 5) is 14.3. The van der Waals surface area contributed by atoms with Gasteiger partial charge in [0.25, 0.3) is 0 Å². The number of nitrogens with zero attached hydrogens (tertiary/aromatic N) is 1. The second kappa shape index (κ2) is 4.84. The highest BCUT2D eigenvalue weighted by molar-refractivity contribution is 7.80. The van der Waals surface area contributed by atoms with Gasteiger partial charge >= 0.3 is 5.97 Å². The first-order chi connectivity index (χ1) is 8.15. The van der Waals surface area contributed by atoms with Gasteiger partial charge in [-0.3, -0.25) is 4.79 Å². The smallest absolute Gasteiger partial charge is 0.306 e. The fourth-order valence-electron chi connectivity index (χ4n) is 2.16. The molecule has 4 heteroatoms. The van der Waals surface area contributed by atoms with Crippen LogP contribution in [0.4, 0.5) is 5.69 Å². The Bertz CT molecular complexity index is 458. The SMILES string of the molecule is CCOC(=O)CC1C(=S)N(C)c2ccccc21. The maximum Gasteiger partial charge on any atom is 0.306 e. The molecule has 2 rings (SSSR count). The zero-order chi connectivity index (χ0) is 12.4. The minimum Gasteiger partial charge on any atom is -0.466 e. The van der Waals surface area contributed by atoms with Crippen LogP contribution < -0.4 is 4.90 Å². The summed E-state index contributed by atoms with van der Waals surface area (Å²) in [6, 6.07) is 7.99. The Kier molecular flexibility index (Phi) is 3.43. The lowest BCUT2D eigenvalue weighted by Crippen LogP contribution is -2.23. The van der Waals surface area contributed by atoms with Gasteiger partial charge in [-0.2, -0.15) is 0 Å². The first-order valence-electron chi connectivity index (χ1n) is 5.67. The van der Waals surface area contributed by atoms with Crippen LogP contribution >= 0.6 is 12.2 Å². The molecule has 0 fully saturated rings. The third-order valence-electron chi connectivity index (χ3n) is 2.98. The van der Waals surface area contributed by atoms with E-state index in [1.54, 1.807) is 0 Å². The highest BCUT2D eigenvalue weighted by Gasteiger charge is 2.33. The summed E-state index contributed by atoms with van der Waals surface area (Å²) in [6.07, 6.45) is 0.327. The summed E-state index contributed by atoms with van der Waals surface area (Å²) < 4.78 is 4.99. The molecule has 0 aliphatic carbocycles. The van der Waals surface area contributed by atoms with Crippen molar-refractivity contribution < 1.29 is 9.53 Å². The maximum absolute atomic E-state index is 11.6. The standard InChI is InChI=1S/C13H15NO2S/c1-3-16-12(15)8-10-9-6-4-5-7-11(9)14(2)13(10)17/h4-7,10H,3,8H2,1-2H3. The Morgan fingerprint density at radius 3 is 2.88 bits per heavy atom. The van der Waals surface area contributed by atoms with Gasteiger partial charge in [0, 0.05) is 18.7 Å². The molecule has 1 aliphatic rings. The molecule has 1 atom stereocenters. The molecular formula is C13H15NO2S. The monoisotopic (exact) mass is 249 g/mol. The number of hydrogen-bond acceptors (Lipinski definition) is 3. The third kappa shape index (κ3) is 2.17. The van der Waals surface area contributed by atoms with E-state index in [1.165, 1.54) is 0 Å². The van der Waals surface area contributed by atoms with Gasteiger partial charge in [-0.1, -0.05) is 30.4 Å². The van der Waals surface area contributed by atoms with E-state index in [1.807, 2.05) is 43.1 Å². The number of esters is 1. The van der Waals surface area contributed by atoms with Crippen LogP contribution in [-0.4, -0.2) is 24.6 Å². The van der Waals surface area contributed by atoms with Crippen molar-refractivity contribution in [3.8, 4) is 0 Å². The summed E-state index contributed by atoms with van der Waals surface area (Å²) >= 11 is 5.39. The largest absolute Gasteiger partial charge is 0.466 e. The minimum atomic E-state index is -0.190. The Hall–Kier alpha value is -1.42. The maximum atomic E-state index is 11.6. The number of fused-ring (bicyclic) bond motifs is 1. The van der Waals surface area contributed by atoms with Crippen molar-refractivity contribution in [1.82, 2.24) is 0 Å². The fraction of sp³-hybridized carbons (Fsp3) is 0.385. The fourth-order valence-corrected chi connectivity index (χ4v) is 2.47. The quantitative estimate of drug-likeness (QED) is 0.608. The Morgan fingerprint density at radius 2 is 2.18 bits per heavy atom. The summed E-state index contributed by atoms with van der Waals surface area (Å²) in [5.74, 6) is -0.213. The molecule has 0 spiro atoms. The number of likely N-dealkylation sites (N-methyl/N-ethyl adjacent to an activating group) is 1. The molecule has 0 amide bonds. The normalized spacial score (nSPS) is 18.1. The zero-order valence-electron chi connectivity index (χ0n) is 9.97. The Labute approximate surface area is 106 Å². The lowest BCUT2D eigenvalue weighted by atomic mass is 9.98. The molecule has 0 N–H and O–H groups in total. The summed E-state index contributed by atoms with van der Waals surface area (Å²) in [5.41, 5.74) is 2.21. The highest BCUT2D eigenvalue weighted by atomic mass is 32.1. The molecule has 1 aromatic carbocycles. The van der Waals surface area contributed by atoms with Crippen LogP contribution in [0.2, 0.25) is 0 Å². The van der Waals surface area contributed by atoms with Gasteiger partial charge in [0.1, 0.15) is 0 Å². The average molecular weight is 249 g/mol. The van der Waals surface area contributed by atoms with Gasteiger partial charge < -0.3 is 9.64 Å². The van der Waals surface area contributed by atoms with Crippen molar-refractivity contribution in [1.29, 1.82) is 0 Å². The molecule has 90 valence electrons. The lowest BCUT2D eigenvalue weighted by Gasteiger charge is -2.13. The second-order valence-electron chi connectivity index (χ2n) is 4.02. The number of carbonyl (C=O) groups is 1. The first-order valence-corrected chi connectivity index (χ1v) is 6.08. The van der Waals surface area contributed by atoms with Crippen molar-refractivity contribution in [2.75, 3.05) is 18.6 Å². The molecule has 17 heavy (non-hydrogen) atoms. The van der Waals surface area contributed by atoms with Gasteiger partial charge in [-0.05, 0) is 18.6 Å². The molecule has 1 aromatic rings. The molecular weight excluding hydrogens is 234 g/mol. The van der Waals surface area contributed by atoms with Crippen LogP contribution in [0.15, 0.2) is 24.3 Å². The molecule has 0 bridgehead atoms. The van der Waals surface area contributed by atoms with E-state index in [-0.39, 0.29) is 11.9 Å². The third-order valence-corrected chi connectivity index (χ3v) is 3.54. The number of carbonyl (C=O) groups excluding carboxylic acids is 1. The summed E-state index contributed by atoms with van der Waals surface area (Å²) in [6.45, 7) is 2.22. The number of ether oxygens (including phenoxy) is 1. The number of rotatable bonds is 3. The van der Waals surface area contributed by atoms with Crippen molar-refractivity contribution >= 4 is 28.9 Å². The summed E-state index contributed by atoms with van der Waals surface area (Å²) in [7, 11) is 1.94. The molecule has 0 aromatic heterocycles. The number of anilines is 1. The van der Waals surface area contributed by atoms with E-state index in [0.29, 0.717) is 13.0 Å². The van der Waals surface area contributed by atoms with Crippen molar-refractivity contribution in [2.24, 2.45) is 0 Å². The first kappa shape index (κ1) is 12.0. The summed E-state index contributed by atoms with van der Waals surface area (Å²) in [5, 5.41) is 0. The zero-order valence-corrected chi connectivity index (χ0v) is 10.8. The molecule has 1 unspecified atom stereocenters. The minimum absolute atomic E-state index is 0.0229. The van der Waals surface area contributed by atoms with Gasteiger partial charge in [-0.15, -0.1) is 0 Å². The van der Waals surface area contributed by atoms with E-state index in [4.69, 9.17) is 17.0 Å². The van der Waals surface area contributed by atoms with Crippen molar-refractivity contribution in [3.63, 3.8) is 0 Å². The van der Waals surface area contributed by atoms with Crippen molar-refractivity contribution in [3.05, 3.63) is 29.8 Å². The molecule has 1 aliphatic heterocycles. The van der Waals surface area contributed by atoms with Crippen LogP contribution in [0.5, 0.6) is 0 Å². The van der Waals surface area contributed by atoms with E-state index >= 15 is 0 Å². The van der Waals surface area contributed by atoms with Crippen LogP contribution in [0.25, 0.3) is 0 Å². The van der Waals surface area contributed by atoms with E-state index in [9.17, 15) is 4.79 Å². The molecule has 1 heterocycles. The van der Waals surface area contributed by atoms with Crippen LogP contribution in [0, 0.1) is 0 Å². The van der Waals surface area contributed by atoms with Gasteiger partial charge in [0.2, 0.25) is 0 Å². The predicted molar refractivity (Wildman–Crippen MR) is 71.4 cm³/mol. The van der Waals surface area contributed by atoms with Gasteiger partial charge in [0.15, 0.2) is 0 Å². The van der Waals surface area contributed by atoms with Crippen molar-refractivity contribution in [2.45, 2.75) is 19.3 Å². The van der Waals surface area contributed by atoms with E-state index in [2.05, 4.69) is 0 Å². The van der Waals surface area contributed by atoms with Crippen LogP contribution in [0.3, 0.4) is 0 Å². The number of hydrogen-bond donors (Lipinski definition) is 0. The molecule has 0 saturated heterocycles. The van der Waals surface area contributed by atoms with Crippen LogP contribution in [0.1, 0.15) is 24.8 Å². The van der Waals surface area contributed by atoms with Crippen LogP contribution in [-0.2, 0) is 9.53 Å². The molecule has 0 radical (unpaired) electrons.